The highest BCUT2D eigenvalue weighted by atomic mass is 16.6. The quantitative estimate of drug-likeness (QED) is 0.196. The number of non-ortho nitro benzene ring substituents is 1. The monoisotopic (exact) mass is 456 g/mol. The molecule has 5 aromatic rings. The third-order valence-electron chi connectivity index (χ3n) is 4.75. The largest absolute Gasteiger partial charge is 0.455 e. The first-order valence-corrected chi connectivity index (χ1v) is 10.1. The molecular weight excluding hydrogens is 440 g/mol. The number of furan rings is 1. The summed E-state index contributed by atoms with van der Waals surface area (Å²) < 4.78 is 10.4. The van der Waals surface area contributed by atoms with E-state index in [4.69, 9.17) is 9.05 Å². The van der Waals surface area contributed by atoms with E-state index in [0.717, 1.165) is 5.56 Å². The molecule has 3 heterocycles. The highest BCUT2D eigenvalue weighted by Crippen LogP contribution is 2.25. The molecule has 34 heavy (non-hydrogen) atoms. The van der Waals surface area contributed by atoms with E-state index in [9.17, 15) is 10.1 Å². The molecule has 12 heteroatoms. The summed E-state index contributed by atoms with van der Waals surface area (Å²) in [6, 6.07) is 19.4. The van der Waals surface area contributed by atoms with Crippen LogP contribution >= 0.6 is 0 Å². The van der Waals surface area contributed by atoms with Crippen molar-refractivity contribution in [1.29, 1.82) is 0 Å². The van der Waals surface area contributed by atoms with Crippen molar-refractivity contribution >= 4 is 34.8 Å². The Bertz CT molecular complexity index is 1480. The van der Waals surface area contributed by atoms with Crippen molar-refractivity contribution < 1.29 is 14.0 Å². The van der Waals surface area contributed by atoms with Gasteiger partial charge in [-0.2, -0.15) is 10.1 Å². The second kappa shape index (κ2) is 9.16. The Morgan fingerprint density at radius 3 is 2.56 bits per heavy atom. The second-order valence-electron chi connectivity index (χ2n) is 7.05. The lowest BCUT2D eigenvalue weighted by atomic mass is 10.1. The Hall–Kier alpha value is -5.13. The molecule has 2 N–H and O–H groups in total. The summed E-state index contributed by atoms with van der Waals surface area (Å²) in [5.74, 6) is 1.65. The zero-order chi connectivity index (χ0) is 23.3. The Balaban J connectivity index is 1.33. The predicted molar refractivity (Wildman–Crippen MR) is 123 cm³/mol. The highest BCUT2D eigenvalue weighted by molar-refractivity contribution is 5.79. The molecular formula is C22H16N8O4. The molecule has 0 unspecified atom stereocenters. The molecule has 2 aromatic carbocycles. The molecule has 12 nitrogen and oxygen atoms in total. The van der Waals surface area contributed by atoms with Crippen molar-refractivity contribution in [2.24, 2.45) is 5.10 Å². The lowest BCUT2D eigenvalue weighted by Crippen LogP contribution is -2.06. The summed E-state index contributed by atoms with van der Waals surface area (Å²) >= 11 is 0. The van der Waals surface area contributed by atoms with Gasteiger partial charge in [0, 0.05) is 24.2 Å². The van der Waals surface area contributed by atoms with Gasteiger partial charge in [0.25, 0.3) is 5.69 Å². The van der Waals surface area contributed by atoms with E-state index in [1.165, 1.54) is 18.3 Å². The van der Waals surface area contributed by atoms with Crippen LogP contribution in [0.2, 0.25) is 0 Å². The van der Waals surface area contributed by atoms with Gasteiger partial charge < -0.3 is 9.73 Å². The lowest BCUT2D eigenvalue weighted by molar-refractivity contribution is -0.384. The van der Waals surface area contributed by atoms with Gasteiger partial charge in [-0.3, -0.25) is 15.5 Å². The van der Waals surface area contributed by atoms with Crippen LogP contribution in [0.3, 0.4) is 0 Å². The van der Waals surface area contributed by atoms with Crippen LogP contribution in [-0.4, -0.2) is 31.4 Å². The molecule has 0 atom stereocenters. The van der Waals surface area contributed by atoms with Crippen molar-refractivity contribution in [3.05, 3.63) is 88.2 Å². The zero-order valence-electron chi connectivity index (χ0n) is 17.5. The molecule has 0 radical (unpaired) electrons. The van der Waals surface area contributed by atoms with Gasteiger partial charge in [0.15, 0.2) is 11.6 Å². The van der Waals surface area contributed by atoms with Crippen molar-refractivity contribution in [2.75, 3.05) is 10.7 Å². The fourth-order valence-corrected chi connectivity index (χ4v) is 3.13. The highest BCUT2D eigenvalue weighted by Gasteiger charge is 2.13. The molecule has 0 aliphatic rings. The number of nitro benzene ring substituents is 1. The third-order valence-corrected chi connectivity index (χ3v) is 4.75. The lowest BCUT2D eigenvalue weighted by Gasteiger charge is -2.09. The molecule has 0 fully saturated rings. The smallest absolute Gasteiger partial charge is 0.270 e. The summed E-state index contributed by atoms with van der Waals surface area (Å²) in [5, 5.41) is 25.8. The number of hydrazone groups is 1. The number of fused-ring (bicyclic) bond motifs is 1. The van der Waals surface area contributed by atoms with Crippen LogP contribution in [-0.2, 0) is 6.54 Å². The third kappa shape index (κ3) is 4.55. The van der Waals surface area contributed by atoms with Gasteiger partial charge in [-0.25, -0.2) is 9.61 Å². The van der Waals surface area contributed by atoms with Gasteiger partial charge in [-0.05, 0) is 28.0 Å². The minimum atomic E-state index is -0.454. The van der Waals surface area contributed by atoms with Crippen LogP contribution in [0.1, 0.15) is 11.3 Å². The molecule has 0 spiro atoms. The van der Waals surface area contributed by atoms with E-state index in [-0.39, 0.29) is 17.0 Å². The summed E-state index contributed by atoms with van der Waals surface area (Å²) in [4.78, 5) is 19.3. The van der Waals surface area contributed by atoms with Crippen LogP contribution in [0.25, 0.3) is 22.6 Å². The van der Waals surface area contributed by atoms with Gasteiger partial charge in [0.05, 0.1) is 11.1 Å². The van der Waals surface area contributed by atoms with E-state index in [1.807, 2.05) is 30.3 Å². The van der Waals surface area contributed by atoms with E-state index in [0.29, 0.717) is 35.3 Å². The average molecular weight is 456 g/mol. The molecule has 0 bridgehead atoms. The molecule has 0 aliphatic heterocycles. The van der Waals surface area contributed by atoms with E-state index >= 15 is 0 Å². The number of anilines is 2. The first kappa shape index (κ1) is 20.8. The van der Waals surface area contributed by atoms with E-state index < -0.39 is 4.92 Å². The maximum absolute atomic E-state index is 11.0. The van der Waals surface area contributed by atoms with Crippen LogP contribution in [0, 0.1) is 10.1 Å². The Labute approximate surface area is 191 Å². The fraction of sp³-hybridized carbons (Fsp3) is 0.0455. The van der Waals surface area contributed by atoms with Crippen molar-refractivity contribution in [3.63, 3.8) is 0 Å². The van der Waals surface area contributed by atoms with Gasteiger partial charge in [-0.15, -0.1) is 0 Å². The Morgan fingerprint density at radius 1 is 0.971 bits per heavy atom. The van der Waals surface area contributed by atoms with Crippen molar-refractivity contribution in [2.45, 2.75) is 6.54 Å². The maximum atomic E-state index is 11.0. The predicted octanol–water partition coefficient (Wildman–Crippen LogP) is 4.24. The van der Waals surface area contributed by atoms with Gasteiger partial charge in [0.2, 0.25) is 11.3 Å². The van der Waals surface area contributed by atoms with Crippen LogP contribution in [0.4, 0.5) is 17.3 Å². The minimum absolute atomic E-state index is 0.0161. The zero-order valence-corrected chi connectivity index (χ0v) is 17.5. The number of nitrogens with zero attached hydrogens (tertiary/aromatic N) is 6. The first-order valence-electron chi connectivity index (χ1n) is 10.1. The molecule has 0 saturated heterocycles. The minimum Gasteiger partial charge on any atom is -0.455 e. The molecule has 0 aliphatic carbocycles. The van der Waals surface area contributed by atoms with Crippen LogP contribution in [0.5, 0.6) is 0 Å². The van der Waals surface area contributed by atoms with E-state index in [2.05, 4.69) is 36.1 Å². The number of hydrogen-bond acceptors (Lipinski definition) is 11. The van der Waals surface area contributed by atoms with Gasteiger partial charge in [0.1, 0.15) is 11.5 Å². The number of aromatic nitrogens is 4. The number of benzene rings is 2. The van der Waals surface area contributed by atoms with Crippen molar-refractivity contribution in [3.8, 4) is 11.3 Å². The van der Waals surface area contributed by atoms with Crippen molar-refractivity contribution in [1.82, 2.24) is 20.3 Å². The number of nitro groups is 1. The summed E-state index contributed by atoms with van der Waals surface area (Å²) in [6.07, 6.45) is 1.45. The Kier molecular flexibility index (Phi) is 5.59. The average Bonchev–Trinajstić information content (AvgIpc) is 3.52. The first-order chi connectivity index (χ1) is 16.7. The topological polar surface area (TPSA) is 157 Å². The standard InChI is InChI=1S/C22H16N8O4/c31-30(32)16-8-4-7-15(11-16)18-10-9-17(33-18)13-24-27-20-19(23-12-14-5-2-1-3-6-14)25-21-22(26-20)29-34-28-21/h1-11,13H,12H2,(H,23,25,28)(H,26,27,29)/b24-13-. The van der Waals surface area contributed by atoms with Crippen LogP contribution < -0.4 is 10.7 Å². The maximum Gasteiger partial charge on any atom is 0.270 e. The molecule has 3 aromatic heterocycles. The molecule has 5 rings (SSSR count). The van der Waals surface area contributed by atoms with Crippen LogP contribution in [0.15, 0.2) is 80.9 Å². The number of hydrogen-bond donors (Lipinski definition) is 2. The van der Waals surface area contributed by atoms with Gasteiger partial charge >= 0.3 is 0 Å². The summed E-state index contributed by atoms with van der Waals surface area (Å²) in [5.41, 5.74) is 4.95. The fourth-order valence-electron chi connectivity index (χ4n) is 3.13. The SMILES string of the molecule is O=[N+]([O-])c1cccc(-c2ccc(/C=N\Nc3nc4nonc4nc3NCc3ccccc3)o2)c1. The van der Waals surface area contributed by atoms with Gasteiger partial charge in [-0.1, -0.05) is 42.5 Å². The summed E-state index contributed by atoms with van der Waals surface area (Å²) in [6.45, 7) is 0.509. The second-order valence-corrected chi connectivity index (χ2v) is 7.05. The molecule has 0 saturated carbocycles. The number of nitrogens with one attached hydrogen (secondary N) is 2. The molecule has 168 valence electrons. The Morgan fingerprint density at radius 2 is 1.76 bits per heavy atom. The molecule has 0 amide bonds. The number of rotatable bonds is 8. The van der Waals surface area contributed by atoms with E-state index in [1.54, 1.807) is 24.3 Å². The normalized spacial score (nSPS) is 11.2. The summed E-state index contributed by atoms with van der Waals surface area (Å²) in [7, 11) is 0.